The van der Waals surface area contributed by atoms with Crippen molar-refractivity contribution < 1.29 is 19.2 Å². The van der Waals surface area contributed by atoms with Crippen LogP contribution < -0.4 is 0 Å². The number of benzene rings is 2. The molecule has 0 radical (unpaired) electrons. The molecule has 6 heteroatoms. The van der Waals surface area contributed by atoms with E-state index in [1.54, 1.807) is 54.6 Å². The van der Waals surface area contributed by atoms with Crippen molar-refractivity contribution in [3.05, 3.63) is 83.4 Å². The fourth-order valence-corrected chi connectivity index (χ4v) is 3.28. The van der Waals surface area contributed by atoms with E-state index in [-0.39, 0.29) is 19.5 Å². The summed E-state index contributed by atoms with van der Waals surface area (Å²) in [5, 5.41) is 0. The van der Waals surface area contributed by atoms with Crippen molar-refractivity contribution in [3.63, 3.8) is 0 Å². The molecule has 30 heavy (non-hydrogen) atoms. The van der Waals surface area contributed by atoms with Crippen LogP contribution in [0.3, 0.4) is 0 Å². The number of barbiturate groups is 1. The molecule has 0 spiro atoms. The maximum absolute atomic E-state index is 13.1. The highest BCUT2D eigenvalue weighted by molar-refractivity contribution is 6.26. The van der Waals surface area contributed by atoms with Crippen molar-refractivity contribution in [1.29, 1.82) is 0 Å². The van der Waals surface area contributed by atoms with E-state index in [0.29, 0.717) is 5.56 Å². The average molecular weight is 404 g/mol. The Hall–Kier alpha value is -3.54. The molecule has 1 atom stereocenters. The van der Waals surface area contributed by atoms with Gasteiger partial charge in [0.1, 0.15) is 0 Å². The van der Waals surface area contributed by atoms with E-state index in [9.17, 15) is 19.2 Å². The van der Waals surface area contributed by atoms with E-state index >= 15 is 0 Å². The predicted octanol–water partition coefficient (Wildman–Crippen LogP) is 3.37. The topological polar surface area (TPSA) is 74.8 Å². The molecular weight excluding hydrogens is 380 g/mol. The summed E-state index contributed by atoms with van der Waals surface area (Å²) >= 11 is 0. The standard InChI is InChI=1S/C24H24N2O4/c1-17(2)13-14-25-22(28)21(20(27)15-18-9-5-3-6-10-18)23(29)26(24(25)30)16-19-11-7-4-8-12-19/h3-13,21H,14-16H2,1-2H3. The number of Topliss-reactive ketones (excluding diaryl/α,β-unsaturated/α-hetero) is 1. The molecule has 1 unspecified atom stereocenters. The van der Waals surface area contributed by atoms with Gasteiger partial charge in [0.05, 0.1) is 6.54 Å². The molecule has 1 saturated heterocycles. The molecule has 0 aromatic heterocycles. The molecule has 2 aromatic rings. The lowest BCUT2D eigenvalue weighted by atomic mass is 9.93. The van der Waals surface area contributed by atoms with Gasteiger partial charge in [-0.05, 0) is 25.0 Å². The normalized spacial score (nSPS) is 16.6. The van der Waals surface area contributed by atoms with Crippen LogP contribution in [0.2, 0.25) is 0 Å². The number of rotatable bonds is 7. The van der Waals surface area contributed by atoms with Crippen LogP contribution in [0.4, 0.5) is 4.79 Å². The number of amides is 4. The molecule has 3 rings (SSSR count). The second-order valence-corrected chi connectivity index (χ2v) is 7.48. The summed E-state index contributed by atoms with van der Waals surface area (Å²) in [6.45, 7) is 3.73. The highest BCUT2D eigenvalue weighted by Crippen LogP contribution is 2.23. The second-order valence-electron chi connectivity index (χ2n) is 7.48. The SMILES string of the molecule is CC(C)=CCN1C(=O)C(C(=O)Cc2ccccc2)C(=O)N(Cc2ccccc2)C1=O. The monoisotopic (exact) mass is 404 g/mol. The summed E-state index contributed by atoms with van der Waals surface area (Å²) in [5.74, 6) is -3.54. The summed E-state index contributed by atoms with van der Waals surface area (Å²) in [4.78, 5) is 54.0. The van der Waals surface area contributed by atoms with Gasteiger partial charge in [-0.3, -0.25) is 24.2 Å². The zero-order valence-electron chi connectivity index (χ0n) is 17.1. The molecule has 6 nitrogen and oxygen atoms in total. The Morgan fingerprint density at radius 1 is 0.833 bits per heavy atom. The molecule has 4 amide bonds. The van der Waals surface area contributed by atoms with Crippen LogP contribution in [0, 0.1) is 5.92 Å². The van der Waals surface area contributed by atoms with Gasteiger partial charge in [-0.25, -0.2) is 4.79 Å². The lowest BCUT2D eigenvalue weighted by molar-refractivity contribution is -0.153. The zero-order valence-corrected chi connectivity index (χ0v) is 17.1. The molecular formula is C24H24N2O4. The highest BCUT2D eigenvalue weighted by atomic mass is 16.2. The quantitative estimate of drug-likeness (QED) is 0.524. The first-order chi connectivity index (χ1) is 14.4. The second kappa shape index (κ2) is 9.31. The first kappa shape index (κ1) is 21.2. The number of carbonyl (C=O) groups excluding carboxylic acids is 4. The summed E-state index contributed by atoms with van der Waals surface area (Å²) < 4.78 is 0. The Morgan fingerprint density at radius 2 is 1.37 bits per heavy atom. The number of allylic oxidation sites excluding steroid dienone is 1. The number of hydrogen-bond donors (Lipinski definition) is 0. The van der Waals surface area contributed by atoms with Gasteiger partial charge < -0.3 is 0 Å². The number of carbonyl (C=O) groups is 4. The number of hydrogen-bond acceptors (Lipinski definition) is 4. The van der Waals surface area contributed by atoms with Crippen LogP contribution in [0.15, 0.2) is 72.3 Å². The van der Waals surface area contributed by atoms with Crippen molar-refractivity contribution >= 4 is 23.6 Å². The van der Waals surface area contributed by atoms with E-state index in [1.165, 1.54) is 0 Å². The average Bonchev–Trinajstić information content (AvgIpc) is 2.72. The molecule has 0 N–H and O–H groups in total. The van der Waals surface area contributed by atoms with Crippen LogP contribution in [0.25, 0.3) is 0 Å². The van der Waals surface area contributed by atoms with Crippen molar-refractivity contribution in [2.75, 3.05) is 6.54 Å². The minimum Gasteiger partial charge on any atom is -0.298 e. The third-order valence-electron chi connectivity index (χ3n) is 4.90. The van der Waals surface area contributed by atoms with Gasteiger partial charge in [0.2, 0.25) is 0 Å². The molecule has 1 aliphatic rings. The molecule has 1 aliphatic heterocycles. The fourth-order valence-electron chi connectivity index (χ4n) is 3.28. The third-order valence-corrected chi connectivity index (χ3v) is 4.90. The number of urea groups is 1. The van der Waals surface area contributed by atoms with Crippen molar-refractivity contribution in [2.24, 2.45) is 5.92 Å². The largest absolute Gasteiger partial charge is 0.334 e. The van der Waals surface area contributed by atoms with Gasteiger partial charge in [-0.15, -0.1) is 0 Å². The minimum absolute atomic E-state index is 0.00618. The molecule has 154 valence electrons. The van der Waals surface area contributed by atoms with E-state index < -0.39 is 29.5 Å². The van der Waals surface area contributed by atoms with Gasteiger partial charge in [0, 0.05) is 13.0 Å². The van der Waals surface area contributed by atoms with Crippen LogP contribution in [0.1, 0.15) is 25.0 Å². The Kier molecular flexibility index (Phi) is 6.57. The number of imide groups is 2. The summed E-state index contributed by atoms with van der Waals surface area (Å²) in [5.41, 5.74) is 2.38. The lowest BCUT2D eigenvalue weighted by Crippen LogP contribution is -2.61. The van der Waals surface area contributed by atoms with Crippen molar-refractivity contribution in [2.45, 2.75) is 26.8 Å². The Balaban J connectivity index is 1.92. The first-order valence-electron chi connectivity index (χ1n) is 9.79. The van der Waals surface area contributed by atoms with Gasteiger partial charge in [0.15, 0.2) is 11.7 Å². The molecule has 1 fully saturated rings. The maximum atomic E-state index is 13.1. The van der Waals surface area contributed by atoms with Crippen molar-refractivity contribution in [3.8, 4) is 0 Å². The lowest BCUT2D eigenvalue weighted by Gasteiger charge is -2.36. The van der Waals surface area contributed by atoms with Crippen LogP contribution in [0.5, 0.6) is 0 Å². The molecule has 2 aromatic carbocycles. The van der Waals surface area contributed by atoms with Crippen LogP contribution in [-0.2, 0) is 27.3 Å². The van der Waals surface area contributed by atoms with Gasteiger partial charge in [0.25, 0.3) is 11.8 Å². The maximum Gasteiger partial charge on any atom is 0.334 e. The van der Waals surface area contributed by atoms with E-state index in [0.717, 1.165) is 20.9 Å². The third kappa shape index (κ3) is 4.71. The Morgan fingerprint density at radius 3 is 1.93 bits per heavy atom. The molecule has 1 heterocycles. The molecule has 0 bridgehead atoms. The van der Waals surface area contributed by atoms with Gasteiger partial charge >= 0.3 is 6.03 Å². The van der Waals surface area contributed by atoms with E-state index in [1.807, 2.05) is 26.0 Å². The summed E-state index contributed by atoms with van der Waals surface area (Å²) in [7, 11) is 0. The highest BCUT2D eigenvalue weighted by Gasteiger charge is 2.48. The Labute approximate surface area is 175 Å². The van der Waals surface area contributed by atoms with Gasteiger partial charge in [-0.2, -0.15) is 0 Å². The fraction of sp³-hybridized carbons (Fsp3) is 0.250. The Bertz CT molecular complexity index is 979. The van der Waals surface area contributed by atoms with E-state index in [2.05, 4.69) is 0 Å². The van der Waals surface area contributed by atoms with E-state index in [4.69, 9.17) is 0 Å². The molecule has 0 saturated carbocycles. The first-order valence-corrected chi connectivity index (χ1v) is 9.79. The van der Waals surface area contributed by atoms with Gasteiger partial charge in [-0.1, -0.05) is 72.3 Å². The number of nitrogens with zero attached hydrogens (tertiary/aromatic N) is 2. The predicted molar refractivity (Wildman–Crippen MR) is 112 cm³/mol. The van der Waals surface area contributed by atoms with Crippen LogP contribution in [-0.4, -0.2) is 40.0 Å². The van der Waals surface area contributed by atoms with Crippen molar-refractivity contribution in [1.82, 2.24) is 9.80 Å². The van der Waals surface area contributed by atoms with Crippen LogP contribution >= 0.6 is 0 Å². The number of ketones is 1. The smallest absolute Gasteiger partial charge is 0.298 e. The summed E-state index contributed by atoms with van der Waals surface area (Å²) in [6.07, 6.45) is 1.68. The summed E-state index contributed by atoms with van der Waals surface area (Å²) in [6, 6.07) is 17.3. The molecule has 0 aliphatic carbocycles. The minimum atomic E-state index is -1.52. The zero-order chi connectivity index (χ0) is 21.7.